The molecule has 1 heterocycles. The molecule has 0 bridgehead atoms. The van der Waals surface area contributed by atoms with Crippen molar-refractivity contribution in [1.29, 1.82) is 0 Å². The van der Waals surface area contributed by atoms with Gasteiger partial charge in [0.05, 0.1) is 6.54 Å². The Morgan fingerprint density at radius 3 is 2.86 bits per heavy atom. The Kier molecular flexibility index (Phi) is 4.47. The Morgan fingerprint density at radius 2 is 2.05 bits per heavy atom. The van der Waals surface area contributed by atoms with Crippen molar-refractivity contribution >= 4 is 11.6 Å². The first kappa shape index (κ1) is 14.4. The van der Waals surface area contributed by atoms with Gasteiger partial charge in [-0.1, -0.05) is 37.0 Å². The lowest BCUT2D eigenvalue weighted by Gasteiger charge is -2.32. The number of hydrogen-bond donors (Lipinski definition) is 1. The van der Waals surface area contributed by atoms with E-state index in [-0.39, 0.29) is 5.91 Å². The standard InChI is InChI=1S/C18H26N2O/c1-14-9-10-17-15(12-14)6-5-11-20(17)13-18(21)19-16-7-3-2-4-8-16/h9-10,12,16H,2-8,11,13H2,1H3,(H,19,21). The third-order valence-electron chi connectivity index (χ3n) is 4.75. The molecule has 1 N–H and O–H groups in total. The molecule has 0 aromatic heterocycles. The normalized spacial score (nSPS) is 19.2. The van der Waals surface area contributed by atoms with E-state index in [0.717, 1.165) is 32.2 Å². The van der Waals surface area contributed by atoms with Gasteiger partial charge in [0.15, 0.2) is 0 Å². The quantitative estimate of drug-likeness (QED) is 0.925. The van der Waals surface area contributed by atoms with Gasteiger partial charge < -0.3 is 10.2 Å². The van der Waals surface area contributed by atoms with Crippen LogP contribution in [0.1, 0.15) is 49.7 Å². The minimum absolute atomic E-state index is 0.190. The van der Waals surface area contributed by atoms with Crippen LogP contribution in [0.25, 0.3) is 0 Å². The van der Waals surface area contributed by atoms with Crippen LogP contribution >= 0.6 is 0 Å². The Balaban J connectivity index is 1.61. The molecule has 1 aliphatic carbocycles. The predicted octanol–water partition coefficient (Wildman–Crippen LogP) is 3.20. The summed E-state index contributed by atoms with van der Waals surface area (Å²) in [7, 11) is 0. The van der Waals surface area contributed by atoms with Gasteiger partial charge in [-0.2, -0.15) is 0 Å². The van der Waals surface area contributed by atoms with Crippen molar-refractivity contribution in [1.82, 2.24) is 5.32 Å². The van der Waals surface area contributed by atoms with Crippen LogP contribution in [0.2, 0.25) is 0 Å². The molecule has 1 aromatic rings. The fourth-order valence-corrected chi connectivity index (χ4v) is 3.66. The van der Waals surface area contributed by atoms with Crippen LogP contribution in [0.4, 0.5) is 5.69 Å². The second-order valence-electron chi connectivity index (χ2n) is 6.56. The summed E-state index contributed by atoms with van der Waals surface area (Å²) in [6.07, 6.45) is 8.44. The molecule has 0 atom stereocenters. The number of rotatable bonds is 3. The SMILES string of the molecule is Cc1ccc2c(c1)CCCN2CC(=O)NC1CCCCC1. The van der Waals surface area contributed by atoms with E-state index < -0.39 is 0 Å². The lowest BCUT2D eigenvalue weighted by atomic mass is 9.95. The summed E-state index contributed by atoms with van der Waals surface area (Å²) in [6.45, 7) is 3.63. The monoisotopic (exact) mass is 286 g/mol. The van der Waals surface area contributed by atoms with E-state index in [1.54, 1.807) is 0 Å². The molecular formula is C18H26N2O. The zero-order valence-electron chi connectivity index (χ0n) is 13.0. The van der Waals surface area contributed by atoms with Crippen LogP contribution in [0.5, 0.6) is 0 Å². The van der Waals surface area contributed by atoms with Gasteiger partial charge in [-0.3, -0.25) is 4.79 Å². The summed E-state index contributed by atoms with van der Waals surface area (Å²) in [4.78, 5) is 14.5. The average Bonchev–Trinajstić information content (AvgIpc) is 2.48. The van der Waals surface area contributed by atoms with Crippen LogP contribution in [-0.2, 0) is 11.2 Å². The van der Waals surface area contributed by atoms with Crippen LogP contribution in [-0.4, -0.2) is 25.0 Å². The lowest BCUT2D eigenvalue weighted by molar-refractivity contribution is -0.120. The summed E-state index contributed by atoms with van der Waals surface area (Å²) in [5, 5.41) is 3.23. The van der Waals surface area contributed by atoms with Gasteiger partial charge in [0, 0.05) is 18.3 Å². The van der Waals surface area contributed by atoms with Crippen molar-refractivity contribution < 1.29 is 4.79 Å². The summed E-state index contributed by atoms with van der Waals surface area (Å²) in [5.74, 6) is 0.190. The molecule has 1 amide bonds. The Labute approximate surface area is 127 Å². The van der Waals surface area contributed by atoms with Crippen LogP contribution < -0.4 is 10.2 Å². The van der Waals surface area contributed by atoms with Crippen molar-refractivity contribution in [3.63, 3.8) is 0 Å². The zero-order chi connectivity index (χ0) is 14.7. The summed E-state index contributed by atoms with van der Waals surface area (Å²) >= 11 is 0. The Hall–Kier alpha value is -1.51. The number of hydrogen-bond acceptors (Lipinski definition) is 2. The van der Waals surface area contributed by atoms with Crippen molar-refractivity contribution in [3.05, 3.63) is 29.3 Å². The summed E-state index contributed by atoms with van der Waals surface area (Å²) < 4.78 is 0. The smallest absolute Gasteiger partial charge is 0.239 e. The first-order chi connectivity index (χ1) is 10.2. The molecule has 0 unspecified atom stereocenters. The summed E-state index contributed by atoms with van der Waals surface area (Å²) in [6, 6.07) is 7.00. The third kappa shape index (κ3) is 3.58. The molecule has 3 rings (SSSR count). The van der Waals surface area contributed by atoms with Gasteiger partial charge in [-0.05, 0) is 44.2 Å². The number of nitrogens with one attached hydrogen (secondary N) is 1. The number of amides is 1. The number of benzene rings is 1. The number of carbonyl (C=O) groups is 1. The Bertz CT molecular complexity index is 506. The highest BCUT2D eigenvalue weighted by molar-refractivity contribution is 5.82. The second kappa shape index (κ2) is 6.50. The molecule has 0 saturated heterocycles. The lowest BCUT2D eigenvalue weighted by Crippen LogP contribution is -2.44. The fraction of sp³-hybridized carbons (Fsp3) is 0.611. The molecule has 0 radical (unpaired) electrons. The van der Waals surface area contributed by atoms with Crippen molar-refractivity contribution in [2.45, 2.75) is 57.9 Å². The van der Waals surface area contributed by atoms with E-state index in [1.165, 1.54) is 36.1 Å². The third-order valence-corrected chi connectivity index (χ3v) is 4.75. The molecule has 1 saturated carbocycles. The van der Waals surface area contributed by atoms with Gasteiger partial charge >= 0.3 is 0 Å². The predicted molar refractivity (Wildman–Crippen MR) is 86.7 cm³/mol. The molecule has 3 heteroatoms. The highest BCUT2D eigenvalue weighted by Gasteiger charge is 2.21. The van der Waals surface area contributed by atoms with E-state index >= 15 is 0 Å². The average molecular weight is 286 g/mol. The summed E-state index contributed by atoms with van der Waals surface area (Å²) in [5.41, 5.74) is 3.96. The molecule has 3 nitrogen and oxygen atoms in total. The van der Waals surface area contributed by atoms with Gasteiger partial charge in [0.25, 0.3) is 0 Å². The molecule has 2 aliphatic rings. The maximum absolute atomic E-state index is 12.3. The molecule has 1 aliphatic heterocycles. The highest BCUT2D eigenvalue weighted by atomic mass is 16.2. The van der Waals surface area contributed by atoms with Gasteiger partial charge in [0.1, 0.15) is 0 Å². The topological polar surface area (TPSA) is 32.3 Å². The van der Waals surface area contributed by atoms with Gasteiger partial charge in [-0.25, -0.2) is 0 Å². The Morgan fingerprint density at radius 1 is 1.24 bits per heavy atom. The largest absolute Gasteiger partial charge is 0.362 e. The molecule has 114 valence electrons. The van der Waals surface area contributed by atoms with Crippen molar-refractivity contribution in [2.75, 3.05) is 18.0 Å². The highest BCUT2D eigenvalue weighted by Crippen LogP contribution is 2.27. The van der Waals surface area contributed by atoms with E-state index in [0.29, 0.717) is 12.6 Å². The number of anilines is 1. The van der Waals surface area contributed by atoms with Gasteiger partial charge in [0.2, 0.25) is 5.91 Å². The fourth-order valence-electron chi connectivity index (χ4n) is 3.66. The van der Waals surface area contributed by atoms with E-state index in [1.807, 2.05) is 0 Å². The second-order valence-corrected chi connectivity index (χ2v) is 6.56. The number of nitrogens with zero attached hydrogens (tertiary/aromatic N) is 1. The van der Waals surface area contributed by atoms with E-state index in [9.17, 15) is 4.79 Å². The van der Waals surface area contributed by atoms with E-state index in [2.05, 4.69) is 35.3 Å². The van der Waals surface area contributed by atoms with Crippen LogP contribution in [0.15, 0.2) is 18.2 Å². The van der Waals surface area contributed by atoms with E-state index in [4.69, 9.17) is 0 Å². The molecule has 1 aromatic carbocycles. The number of carbonyl (C=O) groups excluding carboxylic acids is 1. The van der Waals surface area contributed by atoms with Gasteiger partial charge in [-0.15, -0.1) is 0 Å². The maximum Gasteiger partial charge on any atom is 0.239 e. The minimum Gasteiger partial charge on any atom is -0.362 e. The first-order valence-electron chi connectivity index (χ1n) is 8.36. The maximum atomic E-state index is 12.3. The molecule has 21 heavy (non-hydrogen) atoms. The molecule has 1 fully saturated rings. The molecular weight excluding hydrogens is 260 g/mol. The first-order valence-corrected chi connectivity index (χ1v) is 8.36. The van der Waals surface area contributed by atoms with Crippen LogP contribution in [0, 0.1) is 6.92 Å². The van der Waals surface area contributed by atoms with Crippen LogP contribution in [0.3, 0.4) is 0 Å². The number of fused-ring (bicyclic) bond motifs is 1. The zero-order valence-corrected chi connectivity index (χ0v) is 13.0. The number of aryl methyl sites for hydroxylation is 2. The van der Waals surface area contributed by atoms with Crippen molar-refractivity contribution in [3.8, 4) is 0 Å². The minimum atomic E-state index is 0.190. The van der Waals surface area contributed by atoms with Crippen molar-refractivity contribution in [2.24, 2.45) is 0 Å². The molecule has 0 spiro atoms.